The maximum atomic E-state index is 11.8. The summed E-state index contributed by atoms with van der Waals surface area (Å²) < 4.78 is 5.46. The lowest BCUT2D eigenvalue weighted by Crippen LogP contribution is -2.48. The molecule has 8 nitrogen and oxygen atoms in total. The first kappa shape index (κ1) is 19.7. The summed E-state index contributed by atoms with van der Waals surface area (Å²) in [6, 6.07) is 17.3. The second kappa shape index (κ2) is 8.13. The van der Waals surface area contributed by atoms with Crippen LogP contribution in [0.25, 0.3) is 11.5 Å². The van der Waals surface area contributed by atoms with Crippen molar-refractivity contribution < 1.29 is 9.32 Å². The summed E-state index contributed by atoms with van der Waals surface area (Å²) in [6.45, 7) is 0.673. The lowest BCUT2D eigenvalue weighted by atomic mass is 10.0. The van der Waals surface area contributed by atoms with Crippen LogP contribution >= 0.6 is 11.6 Å². The molecule has 2 aliphatic rings. The van der Waals surface area contributed by atoms with E-state index in [0.717, 1.165) is 29.7 Å². The van der Waals surface area contributed by atoms with Gasteiger partial charge < -0.3 is 10.3 Å². The molecule has 158 valence electrons. The second-order valence-electron chi connectivity index (χ2n) is 7.73. The first-order chi connectivity index (χ1) is 15.1. The standard InChI is InChI=1S/C22H21ClN6O2/c23-16-8-6-14(7-9-16)20-18(28(13-19(24)30)17-10-11-17)12-29(26-20)22-25-21(31-27-22)15-4-2-1-3-5-15/h1-9,17-18H,10-13H2,(H2,24,30). The lowest BCUT2D eigenvalue weighted by Gasteiger charge is -2.28. The predicted octanol–water partition coefficient (Wildman–Crippen LogP) is 2.93. The van der Waals surface area contributed by atoms with Gasteiger partial charge in [0.2, 0.25) is 5.91 Å². The molecule has 3 aromatic rings. The second-order valence-corrected chi connectivity index (χ2v) is 8.16. The van der Waals surface area contributed by atoms with E-state index in [1.54, 1.807) is 5.01 Å². The van der Waals surface area contributed by atoms with E-state index < -0.39 is 0 Å². The van der Waals surface area contributed by atoms with Gasteiger partial charge in [-0.15, -0.1) is 0 Å². The number of nitrogens with two attached hydrogens (primary N) is 1. The molecule has 9 heteroatoms. The van der Waals surface area contributed by atoms with Crippen molar-refractivity contribution in [1.82, 2.24) is 15.0 Å². The number of hydrazone groups is 1. The third-order valence-electron chi connectivity index (χ3n) is 5.45. The van der Waals surface area contributed by atoms with Crippen LogP contribution < -0.4 is 10.7 Å². The van der Waals surface area contributed by atoms with Crippen molar-refractivity contribution in [1.29, 1.82) is 0 Å². The smallest absolute Gasteiger partial charge is 0.286 e. The van der Waals surface area contributed by atoms with Crippen LogP contribution in [-0.4, -0.2) is 51.8 Å². The fraction of sp³-hybridized carbons (Fsp3) is 0.273. The third-order valence-corrected chi connectivity index (χ3v) is 5.70. The van der Waals surface area contributed by atoms with Crippen molar-refractivity contribution in [3.63, 3.8) is 0 Å². The van der Waals surface area contributed by atoms with Crippen molar-refractivity contribution in [2.75, 3.05) is 18.1 Å². The average molecular weight is 437 g/mol. The summed E-state index contributed by atoms with van der Waals surface area (Å²) >= 11 is 6.08. The molecule has 1 aliphatic heterocycles. The summed E-state index contributed by atoms with van der Waals surface area (Å²) in [6.07, 6.45) is 2.08. The Bertz CT molecular complexity index is 1110. The molecule has 5 rings (SSSR count). The summed E-state index contributed by atoms with van der Waals surface area (Å²) in [4.78, 5) is 18.4. The molecule has 0 radical (unpaired) electrons. The quantitative estimate of drug-likeness (QED) is 0.611. The number of carbonyl (C=O) groups is 1. The van der Waals surface area contributed by atoms with Crippen LogP contribution in [0.2, 0.25) is 5.02 Å². The highest BCUT2D eigenvalue weighted by Crippen LogP contribution is 2.33. The minimum Gasteiger partial charge on any atom is -0.369 e. The Kier molecular flexibility index (Phi) is 5.17. The van der Waals surface area contributed by atoms with Gasteiger partial charge in [-0.3, -0.25) is 9.69 Å². The third kappa shape index (κ3) is 4.17. The van der Waals surface area contributed by atoms with Crippen LogP contribution in [0.1, 0.15) is 18.4 Å². The monoisotopic (exact) mass is 436 g/mol. The number of aromatic nitrogens is 2. The van der Waals surface area contributed by atoms with E-state index in [0.29, 0.717) is 29.4 Å². The van der Waals surface area contributed by atoms with Gasteiger partial charge in [0, 0.05) is 16.6 Å². The van der Waals surface area contributed by atoms with E-state index >= 15 is 0 Å². The molecule has 1 saturated carbocycles. The van der Waals surface area contributed by atoms with Gasteiger partial charge in [-0.1, -0.05) is 41.9 Å². The highest BCUT2D eigenvalue weighted by atomic mass is 35.5. The van der Waals surface area contributed by atoms with E-state index in [1.165, 1.54) is 0 Å². The normalized spacial score (nSPS) is 18.5. The number of hydrogen-bond donors (Lipinski definition) is 1. The maximum Gasteiger partial charge on any atom is 0.286 e. The number of nitrogens with zero attached hydrogens (tertiary/aromatic N) is 5. The first-order valence-electron chi connectivity index (χ1n) is 10.1. The topological polar surface area (TPSA) is 101 Å². The molecule has 1 fully saturated rings. The highest BCUT2D eigenvalue weighted by Gasteiger charge is 2.41. The van der Waals surface area contributed by atoms with E-state index in [4.69, 9.17) is 27.0 Å². The fourth-order valence-corrected chi connectivity index (χ4v) is 3.97. The van der Waals surface area contributed by atoms with E-state index in [2.05, 4.69) is 15.0 Å². The molecular formula is C22H21ClN6O2. The summed E-state index contributed by atoms with van der Waals surface area (Å²) in [5, 5.41) is 11.3. The van der Waals surface area contributed by atoms with Gasteiger partial charge in [0.1, 0.15) is 0 Å². The summed E-state index contributed by atoms with van der Waals surface area (Å²) in [5.74, 6) is 0.452. The summed E-state index contributed by atoms with van der Waals surface area (Å²) in [5.41, 5.74) is 8.15. The van der Waals surface area contributed by atoms with Crippen LogP contribution in [-0.2, 0) is 4.79 Å². The molecule has 2 heterocycles. The number of halogens is 1. The van der Waals surface area contributed by atoms with Gasteiger partial charge in [0.25, 0.3) is 11.8 Å². The minimum absolute atomic E-state index is 0.125. The molecule has 1 atom stereocenters. The number of carbonyl (C=O) groups excluding carboxylic acids is 1. The molecule has 0 spiro atoms. The SMILES string of the molecule is NC(=O)CN(C1CC1)C1CN(c2noc(-c3ccccc3)n2)N=C1c1ccc(Cl)cc1. The lowest BCUT2D eigenvalue weighted by molar-refractivity contribution is -0.119. The number of amides is 1. The number of hydrogen-bond acceptors (Lipinski definition) is 7. The highest BCUT2D eigenvalue weighted by molar-refractivity contribution is 6.30. The molecule has 2 N–H and O–H groups in total. The van der Waals surface area contributed by atoms with Crippen molar-refractivity contribution in [3.05, 3.63) is 65.2 Å². The number of anilines is 1. The van der Waals surface area contributed by atoms with Crippen molar-refractivity contribution >= 4 is 29.2 Å². The van der Waals surface area contributed by atoms with Crippen LogP contribution in [0.5, 0.6) is 0 Å². The Hall–Kier alpha value is -3.23. The summed E-state index contributed by atoms with van der Waals surface area (Å²) in [7, 11) is 0. The Morgan fingerprint density at radius 1 is 1.13 bits per heavy atom. The molecule has 1 aromatic heterocycles. The van der Waals surface area contributed by atoms with Crippen molar-refractivity contribution in [3.8, 4) is 11.5 Å². The Morgan fingerprint density at radius 2 is 1.87 bits per heavy atom. The van der Waals surface area contributed by atoms with Crippen LogP contribution in [0.15, 0.2) is 64.2 Å². The Morgan fingerprint density at radius 3 is 2.55 bits per heavy atom. The molecule has 2 aromatic carbocycles. The number of benzene rings is 2. The van der Waals surface area contributed by atoms with E-state index in [1.807, 2.05) is 54.6 Å². The largest absolute Gasteiger partial charge is 0.369 e. The Balaban J connectivity index is 1.48. The zero-order valence-corrected chi connectivity index (χ0v) is 17.4. The molecule has 0 saturated heterocycles. The molecule has 1 aliphatic carbocycles. The van der Waals surface area contributed by atoms with Crippen molar-refractivity contribution in [2.45, 2.75) is 24.9 Å². The molecule has 1 unspecified atom stereocenters. The first-order valence-corrected chi connectivity index (χ1v) is 10.5. The van der Waals surface area contributed by atoms with Crippen molar-refractivity contribution in [2.24, 2.45) is 10.8 Å². The van der Waals surface area contributed by atoms with E-state index in [-0.39, 0.29) is 18.5 Å². The molecular weight excluding hydrogens is 416 g/mol. The van der Waals surface area contributed by atoms with Crippen LogP contribution in [0.3, 0.4) is 0 Å². The molecule has 1 amide bonds. The fourth-order valence-electron chi connectivity index (χ4n) is 3.85. The zero-order valence-electron chi connectivity index (χ0n) is 16.7. The van der Waals surface area contributed by atoms with E-state index in [9.17, 15) is 4.79 Å². The molecule has 0 bridgehead atoms. The zero-order chi connectivity index (χ0) is 21.4. The van der Waals surface area contributed by atoms with Gasteiger partial charge in [0.05, 0.1) is 24.8 Å². The number of rotatable bonds is 7. The minimum atomic E-state index is -0.355. The Labute approximate surface area is 184 Å². The number of primary amides is 1. The average Bonchev–Trinajstić information content (AvgIpc) is 3.32. The van der Waals surface area contributed by atoms with Crippen LogP contribution in [0, 0.1) is 0 Å². The van der Waals surface area contributed by atoms with Gasteiger partial charge >= 0.3 is 0 Å². The maximum absolute atomic E-state index is 11.8. The van der Waals surface area contributed by atoms with Gasteiger partial charge in [0.15, 0.2) is 0 Å². The van der Waals surface area contributed by atoms with Crippen LogP contribution in [0.4, 0.5) is 5.95 Å². The van der Waals surface area contributed by atoms with Gasteiger partial charge in [-0.05, 0) is 47.8 Å². The predicted molar refractivity (Wildman–Crippen MR) is 118 cm³/mol. The molecule has 31 heavy (non-hydrogen) atoms. The van der Waals surface area contributed by atoms with Gasteiger partial charge in [-0.25, -0.2) is 5.01 Å². The van der Waals surface area contributed by atoms with Gasteiger partial charge in [-0.2, -0.15) is 10.1 Å².